The minimum absolute atomic E-state index is 0.0171. The molecule has 0 spiro atoms. The number of amides is 2. The lowest BCUT2D eigenvalue weighted by molar-refractivity contribution is -0.121. The summed E-state index contributed by atoms with van der Waals surface area (Å²) < 4.78 is 19.2. The van der Waals surface area contributed by atoms with Gasteiger partial charge in [-0.25, -0.2) is 4.39 Å². The number of aryl methyl sites for hydroxylation is 1. The number of carbonyl (C=O) groups is 2. The van der Waals surface area contributed by atoms with Crippen LogP contribution in [0.15, 0.2) is 42.0 Å². The zero-order chi connectivity index (χ0) is 20.4. The zero-order valence-corrected chi connectivity index (χ0v) is 15.9. The molecule has 0 saturated carbocycles. The predicted molar refractivity (Wildman–Crippen MR) is 104 cm³/mol. The molecule has 0 unspecified atom stereocenters. The molecule has 1 heterocycles. The summed E-state index contributed by atoms with van der Waals surface area (Å²) in [5.41, 5.74) is 1.80. The van der Waals surface area contributed by atoms with Crippen LogP contribution in [-0.2, 0) is 16.1 Å². The van der Waals surface area contributed by atoms with Crippen LogP contribution in [0.2, 0.25) is 0 Å². The van der Waals surface area contributed by atoms with E-state index in [1.165, 1.54) is 25.1 Å². The van der Waals surface area contributed by atoms with E-state index in [0.717, 1.165) is 0 Å². The fourth-order valence-electron chi connectivity index (χ4n) is 3.12. The van der Waals surface area contributed by atoms with Gasteiger partial charge < -0.3 is 20.1 Å². The van der Waals surface area contributed by atoms with E-state index in [9.17, 15) is 19.1 Å². The summed E-state index contributed by atoms with van der Waals surface area (Å²) in [5, 5.41) is 13.1. The maximum absolute atomic E-state index is 14.0. The number of nitrogens with zero attached hydrogens (tertiary/aromatic N) is 1. The van der Waals surface area contributed by atoms with Gasteiger partial charge in [0.15, 0.2) is 0 Å². The molecule has 0 aliphatic carbocycles. The fraction of sp³-hybridized carbons (Fsp3) is 0.238. The number of rotatable bonds is 4. The number of methoxy groups -OCH3 is 1. The van der Waals surface area contributed by atoms with Gasteiger partial charge in [0.25, 0.3) is 5.91 Å². The minimum atomic E-state index is -0.532. The molecule has 0 bridgehead atoms. The molecule has 2 amide bonds. The molecule has 6 nitrogen and oxygen atoms in total. The number of aliphatic hydroxyl groups excluding tert-OH is 1. The molecule has 1 aliphatic heterocycles. The first-order valence-corrected chi connectivity index (χ1v) is 8.73. The molecule has 0 fully saturated rings. The summed E-state index contributed by atoms with van der Waals surface area (Å²) in [4.78, 5) is 26.6. The molecule has 0 radical (unpaired) electrons. The van der Waals surface area contributed by atoms with Crippen molar-refractivity contribution in [2.75, 3.05) is 19.1 Å². The summed E-state index contributed by atoms with van der Waals surface area (Å²) in [5.74, 6) is -1.06. The van der Waals surface area contributed by atoms with Gasteiger partial charge in [0.1, 0.15) is 17.3 Å². The van der Waals surface area contributed by atoms with Crippen LogP contribution in [0, 0.1) is 12.7 Å². The number of ether oxygens (including phenoxy) is 1. The monoisotopic (exact) mass is 384 g/mol. The van der Waals surface area contributed by atoms with E-state index in [4.69, 9.17) is 4.74 Å². The highest BCUT2D eigenvalue weighted by atomic mass is 19.1. The summed E-state index contributed by atoms with van der Waals surface area (Å²) in [6.45, 7) is 1.75. The Kier molecular flexibility index (Phi) is 5.35. The largest absolute Gasteiger partial charge is 0.507 e. The Balaban J connectivity index is 2.12. The van der Waals surface area contributed by atoms with Crippen LogP contribution in [0.1, 0.15) is 23.1 Å². The second kappa shape index (κ2) is 7.72. The number of hydrogen-bond acceptors (Lipinski definition) is 4. The number of fused-ring (bicyclic) bond motifs is 1. The quantitative estimate of drug-likeness (QED) is 0.849. The average molecular weight is 384 g/mol. The highest BCUT2D eigenvalue weighted by Crippen LogP contribution is 2.36. The molecule has 2 aromatic carbocycles. The van der Waals surface area contributed by atoms with Crippen LogP contribution in [0.4, 0.5) is 10.1 Å². The number of aliphatic hydroxyl groups is 1. The van der Waals surface area contributed by atoms with E-state index in [1.807, 2.05) is 0 Å². The SMILES string of the molecule is CNC(=O)C1=C(O)c2ccc(OC)cc2N(Cc2ccc(C)c(F)c2)C(=O)C1. The Morgan fingerprint density at radius 3 is 2.68 bits per heavy atom. The molecule has 0 saturated heterocycles. The van der Waals surface area contributed by atoms with Gasteiger partial charge >= 0.3 is 0 Å². The van der Waals surface area contributed by atoms with Crippen LogP contribution < -0.4 is 15.0 Å². The Morgan fingerprint density at radius 1 is 1.29 bits per heavy atom. The summed E-state index contributed by atoms with van der Waals surface area (Å²) in [6, 6.07) is 9.60. The van der Waals surface area contributed by atoms with Crippen molar-refractivity contribution in [2.45, 2.75) is 19.9 Å². The number of benzene rings is 2. The summed E-state index contributed by atoms with van der Waals surface area (Å²) >= 11 is 0. The normalized spacial score (nSPS) is 13.9. The smallest absolute Gasteiger partial charge is 0.251 e. The maximum atomic E-state index is 14.0. The standard InChI is InChI=1S/C21H21FN2O4/c1-12-4-5-13(8-17(12)22)11-24-18-9-14(28-3)6-7-15(18)20(26)16(10-19(24)25)21(27)23-2/h4-9,26H,10-11H2,1-3H3,(H,23,27). The molecule has 146 valence electrons. The first-order chi connectivity index (χ1) is 13.3. The number of nitrogens with one attached hydrogen (secondary N) is 1. The van der Waals surface area contributed by atoms with Gasteiger partial charge in [-0.3, -0.25) is 9.59 Å². The Bertz CT molecular complexity index is 984. The van der Waals surface area contributed by atoms with Crippen molar-refractivity contribution in [2.24, 2.45) is 0 Å². The van der Waals surface area contributed by atoms with E-state index in [-0.39, 0.29) is 30.1 Å². The molecular formula is C21H21FN2O4. The van der Waals surface area contributed by atoms with Crippen LogP contribution >= 0.6 is 0 Å². The summed E-state index contributed by atoms with van der Waals surface area (Å²) in [6.07, 6.45) is -0.281. The third kappa shape index (κ3) is 3.55. The van der Waals surface area contributed by atoms with Crippen LogP contribution in [0.3, 0.4) is 0 Å². The van der Waals surface area contributed by atoms with E-state index in [2.05, 4.69) is 5.32 Å². The van der Waals surface area contributed by atoms with Crippen molar-refractivity contribution in [3.63, 3.8) is 0 Å². The lowest BCUT2D eigenvalue weighted by atomic mass is 10.0. The van der Waals surface area contributed by atoms with Gasteiger partial charge in [-0.2, -0.15) is 0 Å². The molecule has 0 aromatic heterocycles. The first-order valence-electron chi connectivity index (χ1n) is 8.73. The van der Waals surface area contributed by atoms with E-state index in [0.29, 0.717) is 28.1 Å². The molecule has 2 N–H and O–H groups in total. The number of halogens is 1. The highest BCUT2D eigenvalue weighted by Gasteiger charge is 2.31. The van der Waals surface area contributed by atoms with Gasteiger partial charge in [-0.05, 0) is 36.2 Å². The summed E-state index contributed by atoms with van der Waals surface area (Å²) in [7, 11) is 2.92. The first kappa shape index (κ1) is 19.4. The number of carbonyl (C=O) groups excluding carboxylic acids is 2. The number of hydrogen-bond donors (Lipinski definition) is 2. The van der Waals surface area contributed by atoms with Crippen molar-refractivity contribution in [3.8, 4) is 5.75 Å². The van der Waals surface area contributed by atoms with Gasteiger partial charge in [0.05, 0.1) is 31.3 Å². The lowest BCUT2D eigenvalue weighted by Gasteiger charge is -2.24. The second-order valence-corrected chi connectivity index (χ2v) is 6.53. The third-order valence-electron chi connectivity index (χ3n) is 4.74. The lowest BCUT2D eigenvalue weighted by Crippen LogP contribution is -2.31. The molecule has 7 heteroatoms. The molecule has 2 aromatic rings. The molecule has 28 heavy (non-hydrogen) atoms. The van der Waals surface area contributed by atoms with Crippen LogP contribution in [0.5, 0.6) is 5.75 Å². The minimum Gasteiger partial charge on any atom is -0.507 e. The molecular weight excluding hydrogens is 363 g/mol. The zero-order valence-electron chi connectivity index (χ0n) is 15.9. The maximum Gasteiger partial charge on any atom is 0.251 e. The Morgan fingerprint density at radius 2 is 2.04 bits per heavy atom. The van der Waals surface area contributed by atoms with Crippen LogP contribution in [-0.4, -0.2) is 31.1 Å². The fourth-order valence-corrected chi connectivity index (χ4v) is 3.12. The molecule has 1 aliphatic rings. The van der Waals surface area contributed by atoms with Crippen molar-refractivity contribution < 1.29 is 23.8 Å². The highest BCUT2D eigenvalue weighted by molar-refractivity contribution is 6.10. The Labute approximate surface area is 162 Å². The second-order valence-electron chi connectivity index (χ2n) is 6.53. The molecule has 3 rings (SSSR count). The average Bonchev–Trinajstić information content (AvgIpc) is 2.80. The predicted octanol–water partition coefficient (Wildman–Crippen LogP) is 3.09. The van der Waals surface area contributed by atoms with Crippen molar-refractivity contribution >= 4 is 23.3 Å². The Hall–Kier alpha value is -3.35. The van der Waals surface area contributed by atoms with Crippen molar-refractivity contribution in [1.82, 2.24) is 5.32 Å². The number of likely N-dealkylation sites (N-methyl/N-ethyl adjacent to an activating group) is 1. The molecule has 0 atom stereocenters. The van der Waals surface area contributed by atoms with Gasteiger partial charge in [0.2, 0.25) is 5.91 Å². The van der Waals surface area contributed by atoms with E-state index >= 15 is 0 Å². The number of anilines is 1. The van der Waals surface area contributed by atoms with Gasteiger partial charge in [-0.15, -0.1) is 0 Å². The van der Waals surface area contributed by atoms with Crippen LogP contribution in [0.25, 0.3) is 5.76 Å². The van der Waals surface area contributed by atoms with Crippen molar-refractivity contribution in [1.29, 1.82) is 0 Å². The van der Waals surface area contributed by atoms with Gasteiger partial charge in [-0.1, -0.05) is 12.1 Å². The van der Waals surface area contributed by atoms with Gasteiger partial charge in [0, 0.05) is 18.7 Å². The van der Waals surface area contributed by atoms with E-state index < -0.39 is 11.8 Å². The third-order valence-corrected chi connectivity index (χ3v) is 4.74. The van der Waals surface area contributed by atoms with E-state index in [1.54, 1.807) is 37.3 Å². The topological polar surface area (TPSA) is 78.9 Å². The van der Waals surface area contributed by atoms with Crippen molar-refractivity contribution in [3.05, 3.63) is 64.5 Å².